The summed E-state index contributed by atoms with van der Waals surface area (Å²) in [4.78, 5) is 2.40. The molecule has 0 atom stereocenters. The zero-order chi connectivity index (χ0) is 16.4. The normalized spacial score (nSPS) is 13.7. The van der Waals surface area contributed by atoms with Crippen LogP contribution in [0.25, 0.3) is 0 Å². The molecule has 11 heteroatoms. The maximum absolute atomic E-state index is 13.4. The van der Waals surface area contributed by atoms with Crippen molar-refractivity contribution < 1.29 is 30.7 Å². The summed E-state index contributed by atoms with van der Waals surface area (Å²) < 4.78 is 86.2. The molecule has 1 aromatic rings. The van der Waals surface area contributed by atoms with Crippen molar-refractivity contribution in [2.75, 3.05) is 5.75 Å². The highest BCUT2D eigenvalue weighted by molar-refractivity contribution is 7.99. The van der Waals surface area contributed by atoms with Gasteiger partial charge in [0.15, 0.2) is 0 Å². The SMILES string of the molecule is Fc1cc(Cl)c(/N=C(/Cl)C(F)(F)F)cc1SCC(F)(F)F. The maximum atomic E-state index is 13.4. The molecule has 0 spiro atoms. The van der Waals surface area contributed by atoms with Crippen LogP contribution >= 0.6 is 35.0 Å². The van der Waals surface area contributed by atoms with Gasteiger partial charge in [0.05, 0.1) is 16.5 Å². The second kappa shape index (κ2) is 6.62. The number of halogens is 9. The fourth-order valence-electron chi connectivity index (χ4n) is 1.04. The van der Waals surface area contributed by atoms with E-state index in [1.54, 1.807) is 0 Å². The molecule has 0 aliphatic rings. The van der Waals surface area contributed by atoms with Crippen molar-refractivity contribution in [2.24, 2.45) is 4.99 Å². The van der Waals surface area contributed by atoms with E-state index in [0.717, 1.165) is 0 Å². The Hall–Kier alpha value is -0.670. The van der Waals surface area contributed by atoms with Gasteiger partial charge in [-0.25, -0.2) is 9.38 Å². The van der Waals surface area contributed by atoms with Crippen LogP contribution in [0.15, 0.2) is 22.0 Å². The smallest absolute Gasteiger partial charge is 0.231 e. The first-order valence-electron chi connectivity index (χ1n) is 4.90. The zero-order valence-electron chi connectivity index (χ0n) is 9.62. The molecule has 0 aliphatic heterocycles. The lowest BCUT2D eigenvalue weighted by molar-refractivity contribution is -0.105. The number of nitrogens with zero attached hydrogens (tertiary/aromatic N) is 1. The lowest BCUT2D eigenvalue weighted by Crippen LogP contribution is -2.16. The molecule has 0 amide bonds. The minimum absolute atomic E-state index is 0.0592. The number of rotatable bonds is 3. The van der Waals surface area contributed by atoms with Gasteiger partial charge in [-0.3, -0.25) is 0 Å². The molecule has 0 aliphatic carbocycles. The topological polar surface area (TPSA) is 12.4 Å². The third kappa shape index (κ3) is 5.91. The van der Waals surface area contributed by atoms with Gasteiger partial charge in [-0.1, -0.05) is 23.2 Å². The van der Waals surface area contributed by atoms with Crippen molar-refractivity contribution in [3.63, 3.8) is 0 Å². The standard InChI is InChI=1S/C10H4Cl2F7NS/c11-4-1-5(13)7(21-3-9(14,15)16)2-6(4)20-8(12)10(17,18)19/h1-2H,3H2/b20-8+. The Labute approximate surface area is 128 Å². The van der Waals surface area contributed by atoms with Crippen LogP contribution in [-0.2, 0) is 0 Å². The predicted molar refractivity (Wildman–Crippen MR) is 67.2 cm³/mol. The number of alkyl halides is 6. The van der Waals surface area contributed by atoms with Gasteiger partial charge in [-0.15, -0.1) is 11.8 Å². The van der Waals surface area contributed by atoms with Crippen LogP contribution in [0.4, 0.5) is 36.4 Å². The minimum Gasteiger partial charge on any atom is -0.231 e. The molecule has 0 fully saturated rings. The second-order valence-electron chi connectivity index (χ2n) is 3.54. The first kappa shape index (κ1) is 18.4. The molecule has 1 aromatic carbocycles. The summed E-state index contributed by atoms with van der Waals surface area (Å²) in [5.41, 5.74) is -0.579. The van der Waals surface area contributed by atoms with E-state index >= 15 is 0 Å². The summed E-state index contributed by atoms with van der Waals surface area (Å²) in [7, 11) is 0. The fourth-order valence-corrected chi connectivity index (χ4v) is 2.04. The van der Waals surface area contributed by atoms with Crippen molar-refractivity contribution in [1.29, 1.82) is 0 Å². The van der Waals surface area contributed by atoms with Crippen LogP contribution in [0.1, 0.15) is 0 Å². The molecule has 21 heavy (non-hydrogen) atoms. The first-order chi connectivity index (χ1) is 9.40. The van der Waals surface area contributed by atoms with Crippen molar-refractivity contribution in [1.82, 2.24) is 0 Å². The van der Waals surface area contributed by atoms with E-state index in [2.05, 4.69) is 4.99 Å². The summed E-state index contributed by atoms with van der Waals surface area (Å²) in [5.74, 6) is -2.52. The van der Waals surface area contributed by atoms with Gasteiger partial charge in [0.25, 0.3) is 0 Å². The third-order valence-electron chi connectivity index (χ3n) is 1.85. The highest BCUT2D eigenvalue weighted by Crippen LogP contribution is 2.36. The largest absolute Gasteiger partial charge is 0.444 e. The van der Waals surface area contributed by atoms with Gasteiger partial charge in [-0.2, -0.15) is 26.3 Å². The molecule has 0 aromatic heterocycles. The van der Waals surface area contributed by atoms with Crippen LogP contribution in [0, 0.1) is 5.82 Å². The molecule has 1 rings (SSSR count). The summed E-state index contributed by atoms with van der Waals surface area (Å²) in [5, 5.41) is -2.28. The zero-order valence-corrected chi connectivity index (χ0v) is 11.9. The molecule has 0 unspecified atom stereocenters. The van der Waals surface area contributed by atoms with Crippen LogP contribution < -0.4 is 0 Å². The van der Waals surface area contributed by atoms with Gasteiger partial charge < -0.3 is 0 Å². The second-order valence-corrected chi connectivity index (χ2v) is 5.32. The Morgan fingerprint density at radius 3 is 2.19 bits per heavy atom. The number of benzene rings is 1. The minimum atomic E-state index is -4.95. The Morgan fingerprint density at radius 1 is 1.14 bits per heavy atom. The highest BCUT2D eigenvalue weighted by atomic mass is 35.5. The highest BCUT2D eigenvalue weighted by Gasteiger charge is 2.35. The molecular formula is C10H4Cl2F7NS. The first-order valence-corrected chi connectivity index (χ1v) is 6.64. The Bertz CT molecular complexity index is 554. The van der Waals surface area contributed by atoms with Crippen molar-refractivity contribution in [3.05, 3.63) is 23.0 Å². The van der Waals surface area contributed by atoms with Crippen LogP contribution in [0.2, 0.25) is 5.02 Å². The maximum Gasteiger partial charge on any atom is 0.444 e. The Kier molecular flexibility index (Phi) is 5.79. The lowest BCUT2D eigenvalue weighted by Gasteiger charge is -2.09. The van der Waals surface area contributed by atoms with Crippen molar-refractivity contribution in [3.8, 4) is 0 Å². The summed E-state index contributed by atoms with van der Waals surface area (Å²) in [6, 6.07) is 1.24. The quantitative estimate of drug-likeness (QED) is 0.361. The Morgan fingerprint density at radius 2 is 1.71 bits per heavy atom. The van der Waals surface area contributed by atoms with E-state index in [-0.39, 0.29) is 11.8 Å². The monoisotopic (exact) mass is 373 g/mol. The van der Waals surface area contributed by atoms with E-state index in [4.69, 9.17) is 23.2 Å². The average molecular weight is 374 g/mol. The molecule has 0 heterocycles. The molecular weight excluding hydrogens is 370 g/mol. The molecule has 0 N–H and O–H groups in total. The number of aliphatic imine (C=N–C) groups is 1. The van der Waals surface area contributed by atoms with E-state index in [1.165, 1.54) is 0 Å². The summed E-state index contributed by atoms with van der Waals surface area (Å²) >= 11 is 10.4. The molecule has 0 saturated heterocycles. The van der Waals surface area contributed by atoms with E-state index < -0.39 is 44.7 Å². The van der Waals surface area contributed by atoms with Crippen molar-refractivity contribution >= 4 is 45.8 Å². The van der Waals surface area contributed by atoms with Gasteiger partial charge in [-0.05, 0) is 12.1 Å². The molecule has 118 valence electrons. The fraction of sp³-hybridized carbons (Fsp3) is 0.300. The summed E-state index contributed by atoms with van der Waals surface area (Å²) in [6.45, 7) is 0. The number of hydrogen-bond acceptors (Lipinski definition) is 2. The van der Waals surface area contributed by atoms with Crippen LogP contribution in [-0.4, -0.2) is 23.3 Å². The van der Waals surface area contributed by atoms with E-state index in [9.17, 15) is 30.7 Å². The number of hydrogen-bond donors (Lipinski definition) is 0. The van der Waals surface area contributed by atoms with Gasteiger partial charge in [0.2, 0.25) is 5.17 Å². The van der Waals surface area contributed by atoms with E-state index in [1.807, 2.05) is 0 Å². The summed E-state index contributed by atoms with van der Waals surface area (Å²) in [6.07, 6.45) is -9.51. The van der Waals surface area contributed by atoms with Gasteiger partial charge in [0.1, 0.15) is 5.82 Å². The third-order valence-corrected chi connectivity index (χ3v) is 3.54. The van der Waals surface area contributed by atoms with Gasteiger partial charge >= 0.3 is 12.4 Å². The van der Waals surface area contributed by atoms with Gasteiger partial charge in [0, 0.05) is 4.90 Å². The Balaban J connectivity index is 3.12. The number of thioether (sulfide) groups is 1. The average Bonchev–Trinajstić information content (AvgIpc) is 2.28. The molecule has 0 radical (unpaired) electrons. The molecule has 0 bridgehead atoms. The predicted octanol–water partition coefficient (Wildman–Crippen LogP) is 5.96. The van der Waals surface area contributed by atoms with E-state index in [0.29, 0.717) is 12.1 Å². The van der Waals surface area contributed by atoms with Crippen molar-refractivity contribution in [2.45, 2.75) is 17.2 Å². The molecule has 1 nitrogen and oxygen atoms in total. The van der Waals surface area contributed by atoms with Crippen LogP contribution in [0.5, 0.6) is 0 Å². The lowest BCUT2D eigenvalue weighted by atomic mass is 10.3. The van der Waals surface area contributed by atoms with Crippen LogP contribution in [0.3, 0.4) is 0 Å². The molecule has 0 saturated carbocycles.